The Morgan fingerprint density at radius 2 is 1.65 bits per heavy atom. The zero-order chi connectivity index (χ0) is 21.4. The average molecular weight is 416 g/mol. The van der Waals surface area contributed by atoms with Crippen LogP contribution in [-0.4, -0.2) is 64.6 Å². The maximum Gasteiger partial charge on any atom is 0.326 e. The first kappa shape index (κ1) is 19.4. The van der Waals surface area contributed by atoms with Crippen LogP contribution in [0.1, 0.15) is 12.5 Å². The highest BCUT2D eigenvalue weighted by atomic mass is 16.2. The lowest BCUT2D eigenvalue weighted by Crippen LogP contribution is -2.52. The largest absolute Gasteiger partial charge is 0.338 e. The SMILES string of the molecule is C[C@@]1(c2ccc3ccccc3c2)NC(=O)N(CN2CCN(c3ncccn3)CC2)C1=O. The first-order valence-electron chi connectivity index (χ1n) is 10.4. The van der Waals surface area contributed by atoms with E-state index in [4.69, 9.17) is 0 Å². The molecule has 8 nitrogen and oxygen atoms in total. The Morgan fingerprint density at radius 3 is 2.39 bits per heavy atom. The summed E-state index contributed by atoms with van der Waals surface area (Å²) < 4.78 is 0. The quantitative estimate of drug-likeness (QED) is 0.657. The van der Waals surface area contributed by atoms with Crippen molar-refractivity contribution in [3.05, 3.63) is 66.5 Å². The van der Waals surface area contributed by atoms with E-state index in [1.807, 2.05) is 42.5 Å². The molecule has 3 heterocycles. The van der Waals surface area contributed by atoms with E-state index in [1.165, 1.54) is 4.90 Å². The fourth-order valence-corrected chi connectivity index (χ4v) is 4.27. The van der Waals surface area contributed by atoms with Crippen LogP contribution in [0.25, 0.3) is 10.8 Å². The van der Waals surface area contributed by atoms with Crippen LogP contribution < -0.4 is 10.2 Å². The molecule has 0 unspecified atom stereocenters. The van der Waals surface area contributed by atoms with Crippen molar-refractivity contribution in [2.24, 2.45) is 0 Å². The monoisotopic (exact) mass is 416 g/mol. The molecule has 2 saturated heterocycles. The number of hydrogen-bond acceptors (Lipinski definition) is 6. The Kier molecular flexibility index (Phi) is 4.78. The minimum atomic E-state index is -1.07. The van der Waals surface area contributed by atoms with Crippen LogP contribution in [0.15, 0.2) is 60.9 Å². The standard InChI is InChI=1S/C23H24N6O2/c1-23(19-8-7-17-5-2-3-6-18(17)15-19)20(30)29(22(31)26-23)16-27-11-13-28(14-12-27)21-24-9-4-10-25-21/h2-10,15H,11-14,16H2,1H3,(H,26,31)/t23-/m0/s1. The Hall–Kier alpha value is -3.52. The van der Waals surface area contributed by atoms with Crippen LogP contribution in [0, 0.1) is 0 Å². The first-order chi connectivity index (χ1) is 15.0. The number of anilines is 1. The van der Waals surface area contributed by atoms with Crippen LogP contribution in [0.2, 0.25) is 0 Å². The number of hydrogen-bond donors (Lipinski definition) is 1. The van der Waals surface area contributed by atoms with Crippen LogP contribution in [0.4, 0.5) is 10.7 Å². The molecule has 2 aliphatic rings. The minimum absolute atomic E-state index is 0.221. The molecule has 3 amide bonds. The van der Waals surface area contributed by atoms with Gasteiger partial charge >= 0.3 is 6.03 Å². The third-order valence-corrected chi connectivity index (χ3v) is 6.15. The maximum absolute atomic E-state index is 13.3. The fourth-order valence-electron chi connectivity index (χ4n) is 4.27. The number of nitrogens with one attached hydrogen (secondary N) is 1. The highest BCUT2D eigenvalue weighted by Gasteiger charge is 2.49. The fraction of sp³-hybridized carbons (Fsp3) is 0.304. The molecule has 1 aromatic heterocycles. The van der Waals surface area contributed by atoms with Crippen molar-refractivity contribution in [2.45, 2.75) is 12.5 Å². The summed E-state index contributed by atoms with van der Waals surface area (Å²) in [5.41, 5.74) is -0.279. The number of carbonyl (C=O) groups excluding carboxylic acids is 2. The molecule has 1 atom stereocenters. The lowest BCUT2D eigenvalue weighted by atomic mass is 9.90. The summed E-state index contributed by atoms with van der Waals surface area (Å²) in [6.45, 7) is 4.99. The molecule has 2 aromatic carbocycles. The minimum Gasteiger partial charge on any atom is -0.338 e. The predicted octanol–water partition coefficient (Wildman–Crippen LogP) is 2.18. The third kappa shape index (κ3) is 3.48. The maximum atomic E-state index is 13.3. The second-order valence-electron chi connectivity index (χ2n) is 8.15. The molecule has 0 radical (unpaired) electrons. The van der Waals surface area contributed by atoms with Crippen molar-refractivity contribution in [2.75, 3.05) is 37.7 Å². The van der Waals surface area contributed by atoms with Crippen molar-refractivity contribution >= 4 is 28.7 Å². The number of fused-ring (bicyclic) bond motifs is 1. The summed E-state index contributed by atoms with van der Waals surface area (Å²) >= 11 is 0. The van der Waals surface area contributed by atoms with E-state index in [1.54, 1.807) is 25.4 Å². The Labute approximate surface area is 180 Å². The molecule has 0 aliphatic carbocycles. The predicted molar refractivity (Wildman–Crippen MR) is 117 cm³/mol. The number of piperazine rings is 1. The normalized spacial score (nSPS) is 22.2. The van der Waals surface area contributed by atoms with Crippen molar-refractivity contribution in [1.29, 1.82) is 0 Å². The molecule has 2 aliphatic heterocycles. The zero-order valence-corrected chi connectivity index (χ0v) is 17.4. The summed E-state index contributed by atoms with van der Waals surface area (Å²) in [6, 6.07) is 15.3. The number of urea groups is 1. The number of amides is 3. The Bertz CT molecular complexity index is 1130. The van der Waals surface area contributed by atoms with Crippen LogP contribution in [0.3, 0.4) is 0 Å². The Balaban J connectivity index is 1.29. The van der Waals surface area contributed by atoms with Gasteiger partial charge in [-0.1, -0.05) is 36.4 Å². The van der Waals surface area contributed by atoms with Gasteiger partial charge in [0.15, 0.2) is 0 Å². The molecule has 0 bridgehead atoms. The molecule has 31 heavy (non-hydrogen) atoms. The molecule has 0 saturated carbocycles. The lowest BCUT2D eigenvalue weighted by Gasteiger charge is -2.36. The molecule has 0 spiro atoms. The summed E-state index contributed by atoms with van der Waals surface area (Å²) in [6.07, 6.45) is 3.46. The van der Waals surface area contributed by atoms with E-state index < -0.39 is 5.54 Å². The van der Waals surface area contributed by atoms with Gasteiger partial charge in [-0.05, 0) is 35.4 Å². The average Bonchev–Trinajstić information content (AvgIpc) is 3.03. The second kappa shape index (κ2) is 7.63. The van der Waals surface area contributed by atoms with Gasteiger partial charge in [-0.15, -0.1) is 0 Å². The van der Waals surface area contributed by atoms with Gasteiger partial charge in [-0.2, -0.15) is 0 Å². The number of rotatable bonds is 4. The van der Waals surface area contributed by atoms with E-state index >= 15 is 0 Å². The van der Waals surface area contributed by atoms with Crippen molar-refractivity contribution in [3.8, 4) is 0 Å². The van der Waals surface area contributed by atoms with E-state index in [0.29, 0.717) is 5.95 Å². The van der Waals surface area contributed by atoms with Gasteiger partial charge in [0.25, 0.3) is 5.91 Å². The van der Waals surface area contributed by atoms with Gasteiger partial charge in [0, 0.05) is 38.6 Å². The van der Waals surface area contributed by atoms with Crippen molar-refractivity contribution in [3.63, 3.8) is 0 Å². The number of aromatic nitrogens is 2. The number of benzene rings is 2. The second-order valence-corrected chi connectivity index (χ2v) is 8.15. The first-order valence-corrected chi connectivity index (χ1v) is 10.4. The van der Waals surface area contributed by atoms with Gasteiger partial charge in [-0.3, -0.25) is 9.69 Å². The Morgan fingerprint density at radius 1 is 0.935 bits per heavy atom. The van der Waals surface area contributed by atoms with E-state index in [0.717, 1.165) is 42.5 Å². The molecule has 1 N–H and O–H groups in total. The molecular weight excluding hydrogens is 392 g/mol. The van der Waals surface area contributed by atoms with E-state index in [-0.39, 0.29) is 18.6 Å². The van der Waals surface area contributed by atoms with Crippen LogP contribution in [-0.2, 0) is 10.3 Å². The van der Waals surface area contributed by atoms with Gasteiger partial charge in [0.1, 0.15) is 5.54 Å². The lowest BCUT2D eigenvalue weighted by molar-refractivity contribution is -0.132. The van der Waals surface area contributed by atoms with Crippen LogP contribution in [0.5, 0.6) is 0 Å². The van der Waals surface area contributed by atoms with Gasteiger partial charge < -0.3 is 10.2 Å². The molecule has 2 fully saturated rings. The summed E-state index contributed by atoms with van der Waals surface area (Å²) in [5.74, 6) is 0.489. The van der Waals surface area contributed by atoms with Gasteiger partial charge in [-0.25, -0.2) is 19.7 Å². The third-order valence-electron chi connectivity index (χ3n) is 6.15. The molecule has 3 aromatic rings. The summed E-state index contributed by atoms with van der Waals surface area (Å²) in [7, 11) is 0. The van der Waals surface area contributed by atoms with Crippen molar-refractivity contribution < 1.29 is 9.59 Å². The topological polar surface area (TPSA) is 81.7 Å². The molecule has 5 rings (SSSR count). The van der Waals surface area contributed by atoms with Crippen molar-refractivity contribution in [1.82, 2.24) is 25.1 Å². The number of imide groups is 1. The van der Waals surface area contributed by atoms with Crippen LogP contribution >= 0.6 is 0 Å². The molecule has 158 valence electrons. The summed E-state index contributed by atoms with van der Waals surface area (Å²) in [4.78, 5) is 40.2. The molecule has 8 heteroatoms. The smallest absolute Gasteiger partial charge is 0.326 e. The molecular formula is C23H24N6O2. The number of nitrogens with zero attached hydrogens (tertiary/aromatic N) is 5. The number of carbonyl (C=O) groups is 2. The van der Waals surface area contributed by atoms with Gasteiger partial charge in [0.2, 0.25) is 5.95 Å². The highest BCUT2D eigenvalue weighted by Crippen LogP contribution is 2.31. The highest BCUT2D eigenvalue weighted by molar-refractivity contribution is 6.07. The zero-order valence-electron chi connectivity index (χ0n) is 17.4. The van der Waals surface area contributed by atoms with Gasteiger partial charge in [0.05, 0.1) is 6.67 Å². The summed E-state index contributed by atoms with van der Waals surface area (Å²) in [5, 5.41) is 5.06. The van der Waals surface area contributed by atoms with E-state index in [9.17, 15) is 9.59 Å². The van der Waals surface area contributed by atoms with E-state index in [2.05, 4.69) is 25.1 Å².